The van der Waals surface area contributed by atoms with Crippen LogP contribution in [0.3, 0.4) is 0 Å². The molecule has 2 heterocycles. The third kappa shape index (κ3) is 3.47. The molecule has 0 bridgehead atoms. The molecule has 0 aliphatic carbocycles. The summed E-state index contributed by atoms with van der Waals surface area (Å²) in [6.07, 6.45) is 1.13. The van der Waals surface area contributed by atoms with Gasteiger partial charge >= 0.3 is 0 Å². The van der Waals surface area contributed by atoms with Gasteiger partial charge in [-0.1, -0.05) is 6.92 Å². The van der Waals surface area contributed by atoms with Gasteiger partial charge in [0.05, 0.1) is 13.0 Å². The lowest BCUT2D eigenvalue weighted by molar-refractivity contribution is 0.242. The van der Waals surface area contributed by atoms with Crippen molar-refractivity contribution in [2.24, 2.45) is 0 Å². The topological polar surface area (TPSA) is 43.2 Å². The minimum atomic E-state index is 0.381. The molecule has 0 saturated carbocycles. The maximum atomic E-state index is 6.03. The molecule has 2 rings (SSSR count). The van der Waals surface area contributed by atoms with E-state index in [1.54, 1.807) is 7.11 Å². The van der Waals surface area contributed by atoms with Gasteiger partial charge in [0.1, 0.15) is 11.3 Å². The Morgan fingerprint density at radius 3 is 2.76 bits per heavy atom. The van der Waals surface area contributed by atoms with E-state index in [0.29, 0.717) is 17.8 Å². The average molecular weight is 311 g/mol. The van der Waals surface area contributed by atoms with Crippen molar-refractivity contribution in [3.8, 4) is 5.88 Å². The van der Waals surface area contributed by atoms with Crippen LogP contribution in [-0.2, 0) is 12.4 Å². The zero-order chi connectivity index (χ0) is 15.4. The molecule has 6 heteroatoms. The fourth-order valence-electron chi connectivity index (χ4n) is 2.27. The van der Waals surface area contributed by atoms with Crippen molar-refractivity contribution in [1.82, 2.24) is 19.4 Å². The first kappa shape index (κ1) is 16.0. The number of imidazole rings is 1. The van der Waals surface area contributed by atoms with E-state index >= 15 is 0 Å². The smallest absolute Gasteiger partial charge is 0.215 e. The first-order valence-electron chi connectivity index (χ1n) is 7.27. The number of hydrogen-bond acceptors (Lipinski definition) is 4. The van der Waals surface area contributed by atoms with Crippen LogP contribution < -0.4 is 4.74 Å². The number of likely N-dealkylation sites (N-methyl/N-ethyl adjacent to an activating group) is 1. The molecule has 21 heavy (non-hydrogen) atoms. The monoisotopic (exact) mass is 310 g/mol. The SMILES string of the molecule is CCC(C)N(C)CCn1c(CCl)nc2ccc(OC)nc21. The molecule has 1 atom stereocenters. The molecule has 0 aliphatic heterocycles. The molecule has 0 aromatic carbocycles. The van der Waals surface area contributed by atoms with Crippen molar-refractivity contribution in [1.29, 1.82) is 0 Å². The second-order valence-corrected chi connectivity index (χ2v) is 5.51. The van der Waals surface area contributed by atoms with Crippen molar-refractivity contribution < 1.29 is 4.74 Å². The van der Waals surface area contributed by atoms with Gasteiger partial charge in [0.2, 0.25) is 5.88 Å². The summed E-state index contributed by atoms with van der Waals surface area (Å²) in [5.74, 6) is 1.83. The molecule has 0 radical (unpaired) electrons. The van der Waals surface area contributed by atoms with Crippen LogP contribution >= 0.6 is 11.6 Å². The Morgan fingerprint density at radius 2 is 2.14 bits per heavy atom. The predicted molar refractivity (Wildman–Crippen MR) is 86.0 cm³/mol. The molecule has 0 aliphatic rings. The Balaban J connectivity index is 2.28. The fraction of sp³-hybridized carbons (Fsp3) is 0.600. The van der Waals surface area contributed by atoms with Crippen LogP contribution in [0.5, 0.6) is 5.88 Å². The summed E-state index contributed by atoms with van der Waals surface area (Å²) in [7, 11) is 3.76. The fourth-order valence-corrected chi connectivity index (χ4v) is 2.48. The zero-order valence-corrected chi connectivity index (χ0v) is 13.9. The van der Waals surface area contributed by atoms with E-state index in [0.717, 1.165) is 36.5 Å². The van der Waals surface area contributed by atoms with Crippen LogP contribution in [0.1, 0.15) is 26.1 Å². The van der Waals surface area contributed by atoms with Gasteiger partial charge in [0.15, 0.2) is 5.65 Å². The number of fused-ring (bicyclic) bond motifs is 1. The minimum absolute atomic E-state index is 0.381. The second-order valence-electron chi connectivity index (χ2n) is 5.25. The summed E-state index contributed by atoms with van der Waals surface area (Å²) in [5, 5.41) is 0. The number of aromatic nitrogens is 3. The number of nitrogens with zero attached hydrogens (tertiary/aromatic N) is 4. The van der Waals surface area contributed by atoms with Gasteiger partial charge in [-0.3, -0.25) is 0 Å². The third-order valence-electron chi connectivity index (χ3n) is 3.99. The van der Waals surface area contributed by atoms with Gasteiger partial charge in [-0.15, -0.1) is 11.6 Å². The molecule has 0 amide bonds. The lowest BCUT2D eigenvalue weighted by atomic mass is 10.2. The summed E-state index contributed by atoms with van der Waals surface area (Å²) < 4.78 is 7.29. The van der Waals surface area contributed by atoms with Crippen LogP contribution in [0.15, 0.2) is 12.1 Å². The second kappa shape index (κ2) is 7.09. The summed E-state index contributed by atoms with van der Waals surface area (Å²) in [5.41, 5.74) is 1.69. The Morgan fingerprint density at radius 1 is 1.38 bits per heavy atom. The van der Waals surface area contributed by atoms with Gasteiger partial charge in [-0.2, -0.15) is 4.98 Å². The van der Waals surface area contributed by atoms with E-state index < -0.39 is 0 Å². The maximum Gasteiger partial charge on any atom is 0.215 e. The van der Waals surface area contributed by atoms with Gasteiger partial charge in [0, 0.05) is 25.2 Å². The third-order valence-corrected chi connectivity index (χ3v) is 4.23. The number of alkyl halides is 1. The Labute approximate surface area is 130 Å². The van der Waals surface area contributed by atoms with Crippen molar-refractivity contribution >= 4 is 22.8 Å². The summed E-state index contributed by atoms with van der Waals surface area (Å²) in [6, 6.07) is 4.30. The summed E-state index contributed by atoms with van der Waals surface area (Å²) in [4.78, 5) is 11.4. The molecule has 0 saturated heterocycles. The van der Waals surface area contributed by atoms with Crippen molar-refractivity contribution in [3.63, 3.8) is 0 Å². The van der Waals surface area contributed by atoms with E-state index in [-0.39, 0.29) is 0 Å². The first-order chi connectivity index (χ1) is 10.1. The van der Waals surface area contributed by atoms with Gasteiger partial charge in [0.25, 0.3) is 0 Å². The number of hydrogen-bond donors (Lipinski definition) is 0. The number of methoxy groups -OCH3 is 1. The van der Waals surface area contributed by atoms with Gasteiger partial charge in [-0.25, -0.2) is 4.98 Å². The quantitative estimate of drug-likeness (QED) is 0.738. The van der Waals surface area contributed by atoms with Crippen LogP contribution in [0, 0.1) is 0 Å². The molecule has 2 aromatic heterocycles. The Bertz CT molecular complexity index is 599. The number of pyridine rings is 1. The van der Waals surface area contributed by atoms with Crippen molar-refractivity contribution in [2.45, 2.75) is 38.7 Å². The molecule has 116 valence electrons. The van der Waals surface area contributed by atoms with Gasteiger partial charge in [-0.05, 0) is 26.5 Å². The lowest BCUT2D eigenvalue weighted by Crippen LogP contribution is -2.31. The largest absolute Gasteiger partial charge is 0.481 e. The van der Waals surface area contributed by atoms with E-state index in [1.807, 2.05) is 12.1 Å². The highest BCUT2D eigenvalue weighted by molar-refractivity contribution is 6.16. The molecule has 5 nitrogen and oxygen atoms in total. The minimum Gasteiger partial charge on any atom is -0.481 e. The Kier molecular flexibility index (Phi) is 5.42. The highest BCUT2D eigenvalue weighted by Crippen LogP contribution is 2.19. The van der Waals surface area contributed by atoms with Crippen LogP contribution in [0.25, 0.3) is 11.2 Å². The lowest BCUT2D eigenvalue weighted by Gasteiger charge is -2.23. The molecule has 0 fully saturated rings. The zero-order valence-electron chi connectivity index (χ0n) is 13.1. The van der Waals surface area contributed by atoms with Crippen LogP contribution in [0.2, 0.25) is 0 Å². The van der Waals surface area contributed by atoms with E-state index in [2.05, 4.69) is 40.3 Å². The first-order valence-corrected chi connectivity index (χ1v) is 7.80. The van der Waals surface area contributed by atoms with Crippen molar-refractivity contribution in [2.75, 3.05) is 20.7 Å². The normalized spacial score (nSPS) is 13.0. The maximum absolute atomic E-state index is 6.03. The van der Waals surface area contributed by atoms with Crippen LogP contribution in [0.4, 0.5) is 0 Å². The number of rotatable bonds is 7. The van der Waals surface area contributed by atoms with E-state index in [1.165, 1.54) is 0 Å². The van der Waals surface area contributed by atoms with Gasteiger partial charge < -0.3 is 14.2 Å². The molecular formula is C15H23ClN4O. The summed E-state index contributed by atoms with van der Waals surface area (Å²) in [6.45, 7) is 6.18. The standard InChI is InChI=1S/C15H23ClN4O/c1-5-11(2)19(3)8-9-20-13(10-16)17-12-6-7-14(21-4)18-15(12)20/h6-7,11H,5,8-10H2,1-4H3. The highest BCUT2D eigenvalue weighted by atomic mass is 35.5. The Hall–Kier alpha value is -1.33. The van der Waals surface area contributed by atoms with E-state index in [9.17, 15) is 0 Å². The molecule has 1 unspecified atom stereocenters. The number of halogens is 1. The van der Waals surface area contributed by atoms with E-state index in [4.69, 9.17) is 16.3 Å². The summed E-state index contributed by atoms with van der Waals surface area (Å²) >= 11 is 6.03. The average Bonchev–Trinajstić information content (AvgIpc) is 2.88. The van der Waals surface area contributed by atoms with Crippen molar-refractivity contribution in [3.05, 3.63) is 18.0 Å². The predicted octanol–water partition coefficient (Wildman–Crippen LogP) is 2.91. The highest BCUT2D eigenvalue weighted by Gasteiger charge is 2.14. The number of ether oxygens (including phenoxy) is 1. The molecule has 0 spiro atoms. The molecular weight excluding hydrogens is 288 g/mol. The van der Waals surface area contributed by atoms with Crippen LogP contribution in [-0.4, -0.2) is 46.2 Å². The molecule has 0 N–H and O–H groups in total. The molecule has 2 aromatic rings.